The molecule has 0 aliphatic heterocycles. The van der Waals surface area contributed by atoms with E-state index in [1.165, 1.54) is 0 Å². The maximum absolute atomic E-state index is 11.8. The molecule has 0 aromatic heterocycles. The topological polar surface area (TPSA) is 61.4 Å². The van der Waals surface area contributed by atoms with Gasteiger partial charge < -0.3 is 15.7 Å². The summed E-state index contributed by atoms with van der Waals surface area (Å²) in [7, 11) is 0. The Morgan fingerprint density at radius 1 is 1.25 bits per heavy atom. The lowest BCUT2D eigenvalue weighted by molar-refractivity contribution is 0.116. The van der Waals surface area contributed by atoms with Crippen LogP contribution < -0.4 is 10.6 Å². The third-order valence-corrected chi connectivity index (χ3v) is 3.50. The lowest BCUT2D eigenvalue weighted by atomic mass is 10.0. The van der Waals surface area contributed by atoms with E-state index < -0.39 is 0 Å². The Morgan fingerprint density at radius 2 is 1.90 bits per heavy atom. The number of hydrogen-bond donors (Lipinski definition) is 3. The molecule has 2 unspecified atom stereocenters. The molecule has 1 aromatic carbocycles. The zero-order valence-electron chi connectivity index (χ0n) is 12.8. The minimum Gasteiger partial charge on any atom is -0.393 e. The number of aliphatic hydroxyl groups is 1. The number of urea groups is 1. The van der Waals surface area contributed by atoms with Gasteiger partial charge >= 0.3 is 6.03 Å². The Bertz CT molecular complexity index is 432. The van der Waals surface area contributed by atoms with Crippen molar-refractivity contribution in [2.75, 3.05) is 6.54 Å². The number of rotatable bonds is 6. The minimum atomic E-state index is -0.371. The maximum Gasteiger partial charge on any atom is 0.315 e. The summed E-state index contributed by atoms with van der Waals surface area (Å²) in [6.45, 7) is 8.40. The Morgan fingerprint density at radius 3 is 2.50 bits per heavy atom. The molecule has 0 heterocycles. The van der Waals surface area contributed by atoms with Crippen molar-refractivity contribution in [3.63, 3.8) is 0 Å². The highest BCUT2D eigenvalue weighted by atomic mass is 16.3. The molecule has 112 valence electrons. The molecule has 1 aromatic rings. The van der Waals surface area contributed by atoms with Crippen LogP contribution in [-0.2, 0) is 0 Å². The van der Waals surface area contributed by atoms with Gasteiger partial charge in [-0.1, -0.05) is 38.1 Å². The van der Waals surface area contributed by atoms with E-state index in [0.717, 1.165) is 11.1 Å². The van der Waals surface area contributed by atoms with Crippen molar-refractivity contribution in [1.82, 2.24) is 10.6 Å². The molecule has 4 nitrogen and oxygen atoms in total. The van der Waals surface area contributed by atoms with E-state index in [1.54, 1.807) is 0 Å². The number of aryl methyl sites for hydroxylation is 1. The highest BCUT2D eigenvalue weighted by Crippen LogP contribution is 2.16. The molecule has 0 bridgehead atoms. The molecule has 0 spiro atoms. The average Bonchev–Trinajstić information content (AvgIpc) is 2.38. The van der Waals surface area contributed by atoms with E-state index in [9.17, 15) is 9.90 Å². The second kappa shape index (κ2) is 7.90. The van der Waals surface area contributed by atoms with Gasteiger partial charge in [-0.2, -0.15) is 0 Å². The zero-order valence-corrected chi connectivity index (χ0v) is 12.8. The fraction of sp³-hybridized carbons (Fsp3) is 0.562. The summed E-state index contributed by atoms with van der Waals surface area (Å²) in [5.74, 6) is 0.214. The van der Waals surface area contributed by atoms with Crippen LogP contribution in [0.4, 0.5) is 4.79 Å². The molecule has 0 radical (unpaired) electrons. The van der Waals surface area contributed by atoms with Crippen LogP contribution in [-0.4, -0.2) is 23.8 Å². The van der Waals surface area contributed by atoms with Crippen molar-refractivity contribution in [1.29, 1.82) is 0 Å². The lowest BCUT2D eigenvalue weighted by Crippen LogP contribution is -2.38. The van der Waals surface area contributed by atoms with Gasteiger partial charge in [0.25, 0.3) is 0 Å². The molecule has 0 fully saturated rings. The van der Waals surface area contributed by atoms with E-state index in [2.05, 4.69) is 10.6 Å². The van der Waals surface area contributed by atoms with Crippen LogP contribution in [0.5, 0.6) is 0 Å². The number of nitrogens with one attached hydrogen (secondary N) is 2. The first-order valence-electron chi connectivity index (χ1n) is 7.19. The molecule has 0 saturated heterocycles. The molecule has 0 aliphatic carbocycles. The van der Waals surface area contributed by atoms with Gasteiger partial charge in [-0.15, -0.1) is 0 Å². The molecule has 2 amide bonds. The summed E-state index contributed by atoms with van der Waals surface area (Å²) in [5.41, 5.74) is 2.28. The second-order valence-electron chi connectivity index (χ2n) is 5.58. The van der Waals surface area contributed by atoms with Crippen molar-refractivity contribution in [3.05, 3.63) is 35.4 Å². The number of benzene rings is 1. The minimum absolute atomic E-state index is 0.0359. The summed E-state index contributed by atoms with van der Waals surface area (Å²) in [6, 6.07) is 7.77. The van der Waals surface area contributed by atoms with Crippen molar-refractivity contribution < 1.29 is 9.90 Å². The van der Waals surface area contributed by atoms with Crippen LogP contribution in [0.3, 0.4) is 0 Å². The van der Waals surface area contributed by atoms with E-state index in [0.29, 0.717) is 13.0 Å². The number of carbonyl (C=O) groups is 1. The standard InChI is InChI=1S/C16H26N2O2/c1-11(2)15(19)9-10-17-16(20)18-13(4)14-8-6-5-7-12(14)3/h5-8,11,13,15,19H,9-10H2,1-4H3,(H2,17,18,20). The fourth-order valence-corrected chi connectivity index (χ4v) is 2.06. The quantitative estimate of drug-likeness (QED) is 0.749. The second-order valence-corrected chi connectivity index (χ2v) is 5.58. The Balaban J connectivity index is 2.37. The Kier molecular flexibility index (Phi) is 6.52. The highest BCUT2D eigenvalue weighted by Gasteiger charge is 2.12. The Hall–Kier alpha value is -1.55. The van der Waals surface area contributed by atoms with E-state index in [-0.39, 0.29) is 24.1 Å². The van der Waals surface area contributed by atoms with Crippen LogP contribution in [0.2, 0.25) is 0 Å². The largest absolute Gasteiger partial charge is 0.393 e. The van der Waals surface area contributed by atoms with Crippen LogP contribution in [0.25, 0.3) is 0 Å². The summed E-state index contributed by atoms with van der Waals surface area (Å²) in [5, 5.41) is 15.4. The number of amides is 2. The number of carbonyl (C=O) groups excluding carboxylic acids is 1. The van der Waals surface area contributed by atoms with Gasteiger partial charge in [0.2, 0.25) is 0 Å². The lowest BCUT2D eigenvalue weighted by Gasteiger charge is -2.18. The molecule has 4 heteroatoms. The van der Waals surface area contributed by atoms with Crippen molar-refractivity contribution >= 4 is 6.03 Å². The van der Waals surface area contributed by atoms with Crippen LogP contribution in [0.15, 0.2) is 24.3 Å². The molecule has 20 heavy (non-hydrogen) atoms. The van der Waals surface area contributed by atoms with Crippen LogP contribution in [0, 0.1) is 12.8 Å². The van der Waals surface area contributed by atoms with Gasteiger partial charge in [0.05, 0.1) is 12.1 Å². The normalized spacial score (nSPS) is 13.9. The van der Waals surface area contributed by atoms with Gasteiger partial charge in [0, 0.05) is 6.54 Å². The monoisotopic (exact) mass is 278 g/mol. The molecular weight excluding hydrogens is 252 g/mol. The molecule has 1 rings (SSSR count). The molecule has 2 atom stereocenters. The zero-order chi connectivity index (χ0) is 15.1. The summed E-state index contributed by atoms with van der Waals surface area (Å²) >= 11 is 0. The third kappa shape index (κ3) is 5.21. The predicted octanol–water partition coefficient (Wildman–Crippen LogP) is 2.76. The molecule has 0 aliphatic rings. The first kappa shape index (κ1) is 16.5. The maximum atomic E-state index is 11.8. The third-order valence-electron chi connectivity index (χ3n) is 3.50. The van der Waals surface area contributed by atoms with Crippen molar-refractivity contribution in [3.8, 4) is 0 Å². The predicted molar refractivity (Wildman–Crippen MR) is 81.6 cm³/mol. The van der Waals surface area contributed by atoms with E-state index in [1.807, 2.05) is 52.0 Å². The van der Waals surface area contributed by atoms with Crippen molar-refractivity contribution in [2.24, 2.45) is 5.92 Å². The highest BCUT2D eigenvalue weighted by molar-refractivity contribution is 5.74. The number of aliphatic hydroxyl groups excluding tert-OH is 1. The fourth-order valence-electron chi connectivity index (χ4n) is 2.06. The van der Waals surface area contributed by atoms with Gasteiger partial charge in [0.1, 0.15) is 0 Å². The van der Waals surface area contributed by atoms with E-state index in [4.69, 9.17) is 0 Å². The van der Waals surface area contributed by atoms with Gasteiger partial charge in [-0.25, -0.2) is 4.79 Å². The van der Waals surface area contributed by atoms with Crippen LogP contribution >= 0.6 is 0 Å². The molecule has 3 N–H and O–H groups in total. The Labute approximate surface area is 121 Å². The molecular formula is C16H26N2O2. The smallest absolute Gasteiger partial charge is 0.315 e. The van der Waals surface area contributed by atoms with Crippen molar-refractivity contribution in [2.45, 2.75) is 46.3 Å². The average molecular weight is 278 g/mol. The van der Waals surface area contributed by atoms with Gasteiger partial charge in [-0.3, -0.25) is 0 Å². The first-order valence-corrected chi connectivity index (χ1v) is 7.19. The summed E-state index contributed by atoms with van der Waals surface area (Å²) in [6.07, 6.45) is 0.202. The summed E-state index contributed by atoms with van der Waals surface area (Å²) in [4.78, 5) is 11.8. The van der Waals surface area contributed by atoms with E-state index >= 15 is 0 Å². The summed E-state index contributed by atoms with van der Waals surface area (Å²) < 4.78 is 0. The number of hydrogen-bond acceptors (Lipinski definition) is 2. The first-order chi connectivity index (χ1) is 9.41. The van der Waals surface area contributed by atoms with Crippen LogP contribution in [0.1, 0.15) is 44.4 Å². The SMILES string of the molecule is Cc1ccccc1C(C)NC(=O)NCCC(O)C(C)C. The van der Waals surface area contributed by atoms with Gasteiger partial charge in [-0.05, 0) is 37.3 Å². The molecule has 0 saturated carbocycles. The van der Waals surface area contributed by atoms with Gasteiger partial charge in [0.15, 0.2) is 0 Å².